The maximum absolute atomic E-state index is 12.3. The van der Waals surface area contributed by atoms with Gasteiger partial charge in [0.1, 0.15) is 0 Å². The van der Waals surface area contributed by atoms with Gasteiger partial charge in [0.15, 0.2) is 5.82 Å². The molecule has 2 aromatic rings. The lowest BCUT2D eigenvalue weighted by molar-refractivity contribution is -0.132. The number of nitrogens with zero attached hydrogens (tertiary/aromatic N) is 3. The zero-order chi connectivity index (χ0) is 18.4. The van der Waals surface area contributed by atoms with Crippen molar-refractivity contribution in [1.29, 1.82) is 0 Å². The topological polar surface area (TPSA) is 88.3 Å². The highest BCUT2D eigenvalue weighted by Gasteiger charge is 2.26. The van der Waals surface area contributed by atoms with Crippen molar-refractivity contribution in [3.63, 3.8) is 0 Å². The summed E-state index contributed by atoms with van der Waals surface area (Å²) in [4.78, 5) is 30.4. The lowest BCUT2D eigenvalue weighted by Crippen LogP contribution is -2.42. The van der Waals surface area contributed by atoms with Crippen molar-refractivity contribution in [3.8, 4) is 0 Å². The quantitative estimate of drug-likeness (QED) is 0.829. The molecule has 3 rings (SSSR count). The molecule has 1 saturated heterocycles. The number of nitrogens with one attached hydrogen (secondary N) is 1. The number of rotatable bonds is 5. The van der Waals surface area contributed by atoms with Crippen molar-refractivity contribution >= 4 is 17.9 Å². The van der Waals surface area contributed by atoms with Crippen LogP contribution < -0.4 is 5.32 Å². The summed E-state index contributed by atoms with van der Waals surface area (Å²) in [5, 5.41) is 6.51. The molecule has 2 amide bonds. The van der Waals surface area contributed by atoms with E-state index in [9.17, 15) is 9.59 Å². The molecule has 0 aliphatic carbocycles. The molecule has 0 spiro atoms. The first-order chi connectivity index (χ1) is 12.6. The highest BCUT2D eigenvalue weighted by Crippen LogP contribution is 2.18. The predicted molar refractivity (Wildman–Crippen MR) is 95.7 cm³/mol. The fourth-order valence-corrected chi connectivity index (χ4v) is 2.92. The standard InChI is InChI=1S/C19H22N4O3/c1-14-21-17(26-22-14)13-20-19(25)16-9-11-23(12-10-16)18(24)8-7-15-5-3-2-4-6-15/h2-8,16H,9-13H2,1H3,(H,20,25)/b8-7+. The third kappa shape index (κ3) is 4.78. The summed E-state index contributed by atoms with van der Waals surface area (Å²) in [6, 6.07) is 9.71. The molecule has 1 aromatic heterocycles. The van der Waals surface area contributed by atoms with Crippen molar-refractivity contribution in [3.05, 3.63) is 53.7 Å². The molecule has 26 heavy (non-hydrogen) atoms. The number of hydrogen-bond donors (Lipinski definition) is 1. The maximum Gasteiger partial charge on any atom is 0.246 e. The summed E-state index contributed by atoms with van der Waals surface area (Å²) in [5.41, 5.74) is 0.992. The van der Waals surface area contributed by atoms with E-state index in [1.165, 1.54) is 0 Å². The van der Waals surface area contributed by atoms with E-state index in [0.29, 0.717) is 37.6 Å². The Kier molecular flexibility index (Phi) is 5.78. The predicted octanol–water partition coefficient (Wildman–Crippen LogP) is 1.95. The Morgan fingerprint density at radius 3 is 2.65 bits per heavy atom. The summed E-state index contributed by atoms with van der Waals surface area (Å²) in [6.07, 6.45) is 4.71. The van der Waals surface area contributed by atoms with Gasteiger partial charge in [-0.3, -0.25) is 9.59 Å². The minimum Gasteiger partial charge on any atom is -0.347 e. The summed E-state index contributed by atoms with van der Waals surface area (Å²) in [6.45, 7) is 3.12. The van der Waals surface area contributed by atoms with Gasteiger partial charge in [-0.05, 0) is 31.4 Å². The first kappa shape index (κ1) is 17.8. The van der Waals surface area contributed by atoms with Crippen LogP contribution in [0.25, 0.3) is 6.08 Å². The number of amides is 2. The van der Waals surface area contributed by atoms with Gasteiger partial charge in [0.25, 0.3) is 0 Å². The zero-order valence-corrected chi connectivity index (χ0v) is 14.7. The maximum atomic E-state index is 12.3. The molecule has 1 aliphatic rings. The minimum absolute atomic E-state index is 0.0194. The highest BCUT2D eigenvalue weighted by atomic mass is 16.5. The number of carbonyl (C=O) groups excluding carboxylic acids is 2. The molecule has 1 N–H and O–H groups in total. The number of carbonyl (C=O) groups is 2. The Morgan fingerprint density at radius 2 is 2.00 bits per heavy atom. The molecule has 7 nitrogen and oxygen atoms in total. The minimum atomic E-state index is -0.0961. The van der Waals surface area contributed by atoms with E-state index in [0.717, 1.165) is 5.56 Å². The fraction of sp³-hybridized carbons (Fsp3) is 0.368. The summed E-state index contributed by atoms with van der Waals surface area (Å²) < 4.78 is 4.98. The summed E-state index contributed by atoms with van der Waals surface area (Å²) in [7, 11) is 0. The van der Waals surface area contributed by atoms with Crippen molar-refractivity contribution in [2.24, 2.45) is 5.92 Å². The Balaban J connectivity index is 1.43. The molecule has 0 bridgehead atoms. The van der Waals surface area contributed by atoms with E-state index in [-0.39, 0.29) is 24.3 Å². The summed E-state index contributed by atoms with van der Waals surface area (Å²) in [5.74, 6) is 0.794. The molecular weight excluding hydrogens is 332 g/mol. The van der Waals surface area contributed by atoms with Crippen LogP contribution in [-0.2, 0) is 16.1 Å². The van der Waals surface area contributed by atoms with Crippen molar-refractivity contribution in [1.82, 2.24) is 20.4 Å². The van der Waals surface area contributed by atoms with Crippen LogP contribution in [0, 0.1) is 12.8 Å². The average molecular weight is 354 g/mol. The molecule has 1 aliphatic heterocycles. The van der Waals surface area contributed by atoms with Crippen molar-refractivity contribution in [2.45, 2.75) is 26.3 Å². The Hall–Kier alpha value is -2.96. The molecule has 0 radical (unpaired) electrons. The van der Waals surface area contributed by atoms with Crippen LogP contribution in [0.2, 0.25) is 0 Å². The Labute approximate surface area is 152 Å². The largest absolute Gasteiger partial charge is 0.347 e. The lowest BCUT2D eigenvalue weighted by atomic mass is 9.96. The van der Waals surface area contributed by atoms with Crippen molar-refractivity contribution in [2.75, 3.05) is 13.1 Å². The van der Waals surface area contributed by atoms with E-state index in [1.807, 2.05) is 36.4 Å². The van der Waals surface area contributed by atoms with Crippen LogP contribution >= 0.6 is 0 Å². The number of hydrogen-bond acceptors (Lipinski definition) is 5. The van der Waals surface area contributed by atoms with Gasteiger partial charge in [-0.25, -0.2) is 0 Å². The van der Waals surface area contributed by atoms with E-state index in [2.05, 4.69) is 15.5 Å². The summed E-state index contributed by atoms with van der Waals surface area (Å²) >= 11 is 0. The number of aryl methyl sites for hydroxylation is 1. The van der Waals surface area contributed by atoms with Crippen LogP contribution in [-0.4, -0.2) is 39.9 Å². The van der Waals surface area contributed by atoms with E-state index >= 15 is 0 Å². The number of likely N-dealkylation sites (tertiary alicyclic amines) is 1. The van der Waals surface area contributed by atoms with Gasteiger partial charge in [-0.2, -0.15) is 4.98 Å². The van der Waals surface area contributed by atoms with E-state index in [1.54, 1.807) is 17.9 Å². The third-order valence-electron chi connectivity index (χ3n) is 4.38. The molecule has 1 fully saturated rings. The van der Waals surface area contributed by atoms with E-state index < -0.39 is 0 Å². The van der Waals surface area contributed by atoms with Gasteiger partial charge >= 0.3 is 0 Å². The monoisotopic (exact) mass is 354 g/mol. The van der Waals surface area contributed by atoms with Crippen LogP contribution in [0.4, 0.5) is 0 Å². The first-order valence-corrected chi connectivity index (χ1v) is 8.71. The van der Waals surface area contributed by atoms with Crippen LogP contribution in [0.3, 0.4) is 0 Å². The fourth-order valence-electron chi connectivity index (χ4n) is 2.92. The molecule has 0 unspecified atom stereocenters. The second-order valence-electron chi connectivity index (χ2n) is 6.30. The number of piperidine rings is 1. The van der Waals surface area contributed by atoms with Crippen LogP contribution in [0.1, 0.15) is 30.1 Å². The Bertz CT molecular complexity index is 777. The SMILES string of the molecule is Cc1noc(CNC(=O)C2CCN(C(=O)/C=C/c3ccccc3)CC2)n1. The molecule has 1 aromatic carbocycles. The number of aromatic nitrogens is 2. The highest BCUT2D eigenvalue weighted by molar-refractivity contribution is 5.92. The molecule has 136 valence electrons. The second-order valence-corrected chi connectivity index (χ2v) is 6.30. The molecule has 0 atom stereocenters. The van der Waals surface area contributed by atoms with Crippen LogP contribution in [0.5, 0.6) is 0 Å². The van der Waals surface area contributed by atoms with Gasteiger partial charge < -0.3 is 14.7 Å². The van der Waals surface area contributed by atoms with Gasteiger partial charge in [-0.1, -0.05) is 35.5 Å². The van der Waals surface area contributed by atoms with Crippen LogP contribution in [0.15, 0.2) is 40.9 Å². The smallest absolute Gasteiger partial charge is 0.246 e. The zero-order valence-electron chi connectivity index (χ0n) is 14.7. The van der Waals surface area contributed by atoms with Gasteiger partial charge in [-0.15, -0.1) is 0 Å². The van der Waals surface area contributed by atoms with Gasteiger partial charge in [0.2, 0.25) is 17.7 Å². The third-order valence-corrected chi connectivity index (χ3v) is 4.38. The molecule has 7 heteroatoms. The van der Waals surface area contributed by atoms with Gasteiger partial charge in [0.05, 0.1) is 6.54 Å². The van der Waals surface area contributed by atoms with E-state index in [4.69, 9.17) is 4.52 Å². The van der Waals surface area contributed by atoms with Gasteiger partial charge in [0, 0.05) is 25.1 Å². The average Bonchev–Trinajstić information content (AvgIpc) is 3.10. The van der Waals surface area contributed by atoms with Crippen molar-refractivity contribution < 1.29 is 14.1 Å². The lowest BCUT2D eigenvalue weighted by Gasteiger charge is -2.30. The Morgan fingerprint density at radius 1 is 1.27 bits per heavy atom. The second kappa shape index (κ2) is 8.42. The molecule has 0 saturated carbocycles. The molecular formula is C19H22N4O3. The molecule has 2 heterocycles. The number of benzene rings is 1. The normalized spacial score (nSPS) is 15.3. The first-order valence-electron chi connectivity index (χ1n) is 8.71.